The molecule has 0 aromatic carbocycles. The van der Waals surface area contributed by atoms with Crippen molar-refractivity contribution < 1.29 is 13.9 Å². The first-order valence-electron chi connectivity index (χ1n) is 7.14. The topological polar surface area (TPSA) is 97.0 Å². The Kier molecular flexibility index (Phi) is 5.37. The quantitative estimate of drug-likeness (QED) is 0.724. The van der Waals surface area contributed by atoms with Crippen LogP contribution in [-0.4, -0.2) is 38.9 Å². The summed E-state index contributed by atoms with van der Waals surface area (Å²) in [4.78, 5) is 11.9. The summed E-state index contributed by atoms with van der Waals surface area (Å²) in [7, 11) is 0. The van der Waals surface area contributed by atoms with Gasteiger partial charge in [-0.05, 0) is 6.42 Å². The second-order valence-electron chi connectivity index (χ2n) is 5.07. The first-order valence-corrected chi connectivity index (χ1v) is 7.14. The van der Waals surface area contributed by atoms with Gasteiger partial charge in [-0.2, -0.15) is 4.98 Å². The van der Waals surface area contributed by atoms with Gasteiger partial charge >= 0.3 is 0 Å². The second kappa shape index (κ2) is 7.26. The summed E-state index contributed by atoms with van der Waals surface area (Å²) in [6.45, 7) is 1.13. The number of hydrogen-bond acceptors (Lipinski definition) is 6. The maximum Gasteiger partial charge on any atom is 0.222 e. The van der Waals surface area contributed by atoms with Gasteiger partial charge < -0.3 is 16.2 Å². The Morgan fingerprint density at radius 2 is 2.18 bits per heavy atom. The average molecular weight is 311 g/mol. The minimum atomic E-state index is -1.17. The molecule has 2 aromatic heterocycles. The molecule has 0 radical (unpaired) electrons. The van der Waals surface area contributed by atoms with Crippen LogP contribution in [0, 0.1) is 5.82 Å². The third-order valence-electron chi connectivity index (χ3n) is 3.33. The number of nitrogens with one attached hydrogen (secondary N) is 1. The van der Waals surface area contributed by atoms with Crippen molar-refractivity contribution in [3.05, 3.63) is 18.1 Å². The third-order valence-corrected chi connectivity index (χ3v) is 3.33. The summed E-state index contributed by atoms with van der Waals surface area (Å²) in [5.74, 6) is -0.328. The van der Waals surface area contributed by atoms with E-state index >= 15 is 0 Å². The lowest BCUT2D eigenvalue weighted by Crippen LogP contribution is -2.35. The Morgan fingerprint density at radius 1 is 1.41 bits per heavy atom. The summed E-state index contributed by atoms with van der Waals surface area (Å²) < 4.78 is 26.0. The van der Waals surface area contributed by atoms with Gasteiger partial charge in [0.25, 0.3) is 0 Å². The van der Waals surface area contributed by atoms with E-state index < -0.39 is 24.6 Å². The number of pyridine rings is 1. The Balaban J connectivity index is 2.35. The number of nitrogens with zero attached hydrogens (tertiary/aromatic N) is 3. The summed E-state index contributed by atoms with van der Waals surface area (Å²) in [6.07, 6.45) is 2.16. The van der Waals surface area contributed by atoms with Gasteiger partial charge in [0.15, 0.2) is 5.82 Å². The monoisotopic (exact) mass is 311 g/mol. The van der Waals surface area contributed by atoms with E-state index in [9.17, 15) is 13.9 Å². The number of nitrogen functional groups attached to an aromatic ring is 1. The molecule has 6 nitrogen and oxygen atoms in total. The van der Waals surface area contributed by atoms with E-state index in [-0.39, 0.29) is 17.3 Å². The van der Waals surface area contributed by atoms with Crippen LogP contribution in [0.2, 0.25) is 0 Å². The van der Waals surface area contributed by atoms with E-state index in [2.05, 4.69) is 20.3 Å². The fraction of sp³-hybridized carbons (Fsp3) is 0.500. The van der Waals surface area contributed by atoms with Crippen LogP contribution in [0.15, 0.2) is 12.3 Å². The highest BCUT2D eigenvalue weighted by molar-refractivity contribution is 5.86. The van der Waals surface area contributed by atoms with Gasteiger partial charge in [0.1, 0.15) is 24.1 Å². The number of rotatable bonds is 7. The number of halogens is 2. The fourth-order valence-electron chi connectivity index (χ4n) is 2.18. The van der Waals surface area contributed by atoms with Crippen LogP contribution in [-0.2, 0) is 0 Å². The molecule has 0 aliphatic rings. The number of nitrogens with two attached hydrogens (primary N) is 1. The number of aromatic nitrogens is 3. The van der Waals surface area contributed by atoms with Crippen molar-refractivity contribution in [2.45, 2.75) is 38.3 Å². The molecule has 0 saturated carbocycles. The van der Waals surface area contributed by atoms with Crippen LogP contribution in [0.25, 0.3) is 11.0 Å². The number of unbranched alkanes of at least 4 members (excludes halogenated alkanes) is 1. The molecule has 1 unspecified atom stereocenters. The van der Waals surface area contributed by atoms with Crippen molar-refractivity contribution in [1.82, 2.24) is 15.0 Å². The molecule has 0 saturated heterocycles. The Morgan fingerprint density at radius 3 is 2.86 bits per heavy atom. The van der Waals surface area contributed by atoms with Crippen LogP contribution >= 0.6 is 0 Å². The normalized spacial score (nSPS) is 14.0. The summed E-state index contributed by atoms with van der Waals surface area (Å²) in [5.41, 5.74) is 6.18. The molecule has 8 heteroatoms. The molecule has 4 N–H and O–H groups in total. The van der Waals surface area contributed by atoms with Crippen molar-refractivity contribution in [3.8, 4) is 0 Å². The summed E-state index contributed by atoms with van der Waals surface area (Å²) in [6, 6.07) is 0.660. The lowest BCUT2D eigenvalue weighted by molar-refractivity contribution is 0.116. The molecule has 0 bridgehead atoms. The van der Waals surface area contributed by atoms with Gasteiger partial charge in [-0.3, -0.25) is 0 Å². The van der Waals surface area contributed by atoms with Crippen molar-refractivity contribution in [2.24, 2.45) is 0 Å². The molecule has 22 heavy (non-hydrogen) atoms. The maximum absolute atomic E-state index is 13.2. The lowest BCUT2D eigenvalue weighted by atomic mass is 10.0. The standard InChI is InChI=1S/C14H19F2N5O/c1-2-3-4-9(11(22)6-15)19-13-12-10(20-14(17)21-13)5-8(16)7-18-12/h5,7,9,11,22H,2-4,6H2,1H3,(H3,17,19,20,21)/t9-,11?/m1/s1. The van der Waals surface area contributed by atoms with Crippen molar-refractivity contribution in [3.63, 3.8) is 0 Å². The molecule has 120 valence electrons. The van der Waals surface area contributed by atoms with Crippen molar-refractivity contribution in [1.29, 1.82) is 0 Å². The summed E-state index contributed by atoms with van der Waals surface area (Å²) >= 11 is 0. The van der Waals surface area contributed by atoms with Crippen LogP contribution in [0.5, 0.6) is 0 Å². The SMILES string of the molecule is CCCC[C@@H](Nc1nc(N)nc2cc(F)cnc12)C(O)CF. The fourth-order valence-corrected chi connectivity index (χ4v) is 2.18. The van der Waals surface area contributed by atoms with Gasteiger partial charge in [-0.25, -0.2) is 18.7 Å². The average Bonchev–Trinajstić information content (AvgIpc) is 2.49. The van der Waals surface area contributed by atoms with Gasteiger partial charge in [-0.15, -0.1) is 0 Å². The van der Waals surface area contributed by atoms with Gasteiger partial charge in [-0.1, -0.05) is 19.8 Å². The molecule has 2 rings (SSSR count). The Hall–Kier alpha value is -2.09. The van der Waals surface area contributed by atoms with Crippen LogP contribution in [0.3, 0.4) is 0 Å². The van der Waals surface area contributed by atoms with E-state index in [0.29, 0.717) is 11.9 Å². The Bertz CT molecular complexity index is 635. The zero-order valence-electron chi connectivity index (χ0n) is 12.3. The second-order valence-corrected chi connectivity index (χ2v) is 5.07. The number of aliphatic hydroxyl groups is 1. The highest BCUT2D eigenvalue weighted by Crippen LogP contribution is 2.22. The predicted molar refractivity (Wildman–Crippen MR) is 80.6 cm³/mol. The molecular weight excluding hydrogens is 292 g/mol. The van der Waals surface area contributed by atoms with E-state index in [1.54, 1.807) is 0 Å². The van der Waals surface area contributed by atoms with Crippen LogP contribution in [0.4, 0.5) is 20.5 Å². The molecule has 2 aromatic rings. The number of hydrogen-bond donors (Lipinski definition) is 3. The van der Waals surface area contributed by atoms with Crippen molar-refractivity contribution in [2.75, 3.05) is 17.7 Å². The molecule has 0 spiro atoms. The number of aliphatic hydroxyl groups excluding tert-OH is 1. The first-order chi connectivity index (χ1) is 10.5. The highest BCUT2D eigenvalue weighted by atomic mass is 19.1. The minimum Gasteiger partial charge on any atom is -0.388 e. The van der Waals surface area contributed by atoms with Crippen LogP contribution < -0.4 is 11.1 Å². The maximum atomic E-state index is 13.2. The molecule has 2 heterocycles. The van der Waals surface area contributed by atoms with Crippen LogP contribution in [0.1, 0.15) is 26.2 Å². The smallest absolute Gasteiger partial charge is 0.222 e. The van der Waals surface area contributed by atoms with Gasteiger partial charge in [0.2, 0.25) is 5.95 Å². The van der Waals surface area contributed by atoms with Gasteiger partial charge in [0, 0.05) is 6.07 Å². The predicted octanol–water partition coefficient (Wildman–Crippen LogP) is 2.05. The van der Waals surface area contributed by atoms with E-state index in [1.165, 1.54) is 6.07 Å². The zero-order valence-corrected chi connectivity index (χ0v) is 12.3. The molecule has 2 atom stereocenters. The molecular formula is C14H19F2N5O. The lowest BCUT2D eigenvalue weighted by Gasteiger charge is -2.23. The van der Waals surface area contributed by atoms with E-state index in [0.717, 1.165) is 19.0 Å². The summed E-state index contributed by atoms with van der Waals surface area (Å²) in [5, 5.41) is 12.8. The first kappa shape index (κ1) is 16.3. The highest BCUT2D eigenvalue weighted by Gasteiger charge is 2.21. The number of fused-ring (bicyclic) bond motifs is 1. The molecule has 0 fully saturated rings. The molecule has 0 amide bonds. The van der Waals surface area contributed by atoms with E-state index in [1.807, 2.05) is 6.92 Å². The van der Waals surface area contributed by atoms with Crippen molar-refractivity contribution >= 4 is 22.8 Å². The number of alkyl halides is 1. The van der Waals surface area contributed by atoms with Gasteiger partial charge in [0.05, 0.1) is 17.8 Å². The molecule has 0 aliphatic carbocycles. The molecule has 0 aliphatic heterocycles. The number of anilines is 2. The minimum absolute atomic E-state index is 0.0496. The zero-order chi connectivity index (χ0) is 16.1. The van der Waals surface area contributed by atoms with E-state index in [4.69, 9.17) is 5.73 Å². The Labute approximate surface area is 126 Å². The largest absolute Gasteiger partial charge is 0.388 e. The third kappa shape index (κ3) is 3.76.